The lowest BCUT2D eigenvalue weighted by atomic mass is 10.8. The molecule has 0 aliphatic carbocycles. The van der Waals surface area contributed by atoms with Crippen molar-refractivity contribution in [1.82, 2.24) is 5.32 Å². The van der Waals surface area contributed by atoms with Gasteiger partial charge in [0.05, 0.1) is 4.99 Å². The summed E-state index contributed by atoms with van der Waals surface area (Å²) in [6.07, 6.45) is 1.68. The predicted molar refractivity (Wildman–Crippen MR) is 27.0 cm³/mol. The number of nitriles is 1. The van der Waals surface area contributed by atoms with E-state index in [-0.39, 0.29) is 0 Å². The van der Waals surface area contributed by atoms with Crippen LogP contribution in [0.5, 0.6) is 0 Å². The van der Waals surface area contributed by atoms with E-state index in [0.29, 0.717) is 4.99 Å². The maximum absolute atomic E-state index is 7.79. The molecule has 0 amide bonds. The normalized spacial score (nSPS) is 6.00. The number of thiocarbonyl (C=S) groups is 1. The fraction of sp³-hybridized carbons (Fsp3) is 0.333. The highest BCUT2D eigenvalue weighted by Crippen LogP contribution is 1.59. The third-order valence-corrected chi connectivity index (χ3v) is 0.334. The third kappa shape index (κ3) is 3.38. The zero-order chi connectivity index (χ0) is 4.99. The van der Waals surface area contributed by atoms with Gasteiger partial charge in [0.15, 0.2) is 6.19 Å². The number of nitrogens with one attached hydrogen (secondary N) is 1. The molecule has 0 heterocycles. The Morgan fingerprint density at radius 2 is 2.50 bits per heavy atom. The molecule has 0 saturated carbocycles. The summed E-state index contributed by atoms with van der Waals surface area (Å²) in [6.45, 7) is 1.65. The Morgan fingerprint density at radius 1 is 2.00 bits per heavy atom. The van der Waals surface area contributed by atoms with Gasteiger partial charge >= 0.3 is 0 Å². The average molecular weight is 100 g/mol. The average Bonchev–Trinajstić information content (AvgIpc) is 1.35. The summed E-state index contributed by atoms with van der Waals surface area (Å²) in [7, 11) is 0. The van der Waals surface area contributed by atoms with Gasteiger partial charge in [0.25, 0.3) is 0 Å². The Hall–Kier alpha value is -0.620. The van der Waals surface area contributed by atoms with Gasteiger partial charge in [0, 0.05) is 0 Å². The van der Waals surface area contributed by atoms with E-state index < -0.39 is 0 Å². The van der Waals surface area contributed by atoms with E-state index in [9.17, 15) is 0 Å². The van der Waals surface area contributed by atoms with Gasteiger partial charge in [0.2, 0.25) is 0 Å². The maximum Gasteiger partial charge on any atom is 0.181 e. The van der Waals surface area contributed by atoms with E-state index in [1.54, 1.807) is 13.1 Å². The molecular formula is C3H4N2S. The van der Waals surface area contributed by atoms with Crippen molar-refractivity contribution in [2.45, 2.75) is 6.92 Å². The van der Waals surface area contributed by atoms with Crippen LogP contribution in [0.3, 0.4) is 0 Å². The molecule has 2 nitrogen and oxygen atoms in total. The van der Waals surface area contributed by atoms with E-state index in [2.05, 4.69) is 17.5 Å². The van der Waals surface area contributed by atoms with Crippen molar-refractivity contribution in [3.63, 3.8) is 0 Å². The summed E-state index contributed by atoms with van der Waals surface area (Å²) in [5.74, 6) is 0. The van der Waals surface area contributed by atoms with Crippen molar-refractivity contribution < 1.29 is 0 Å². The van der Waals surface area contributed by atoms with Crippen molar-refractivity contribution in [3.8, 4) is 6.19 Å². The zero-order valence-electron chi connectivity index (χ0n) is 3.36. The molecule has 0 atom stereocenters. The molecule has 0 aliphatic rings. The van der Waals surface area contributed by atoms with Crippen molar-refractivity contribution >= 4 is 17.2 Å². The molecule has 6 heavy (non-hydrogen) atoms. The maximum atomic E-state index is 7.79. The highest BCUT2D eigenvalue weighted by Gasteiger charge is 1.73. The molecule has 0 fully saturated rings. The topological polar surface area (TPSA) is 35.8 Å². The second-order valence-electron chi connectivity index (χ2n) is 0.793. The largest absolute Gasteiger partial charge is 0.287 e. The van der Waals surface area contributed by atoms with Crippen molar-refractivity contribution in [2.75, 3.05) is 0 Å². The molecule has 0 aliphatic heterocycles. The molecule has 0 spiro atoms. The first-order valence-corrected chi connectivity index (χ1v) is 1.84. The molecule has 0 aromatic heterocycles. The summed E-state index contributed by atoms with van der Waals surface area (Å²) >= 11 is 4.46. The number of rotatable bonds is 0. The van der Waals surface area contributed by atoms with Gasteiger partial charge in [-0.3, -0.25) is 5.32 Å². The van der Waals surface area contributed by atoms with Crippen LogP contribution in [-0.2, 0) is 0 Å². The molecule has 1 N–H and O–H groups in total. The number of nitrogens with zero attached hydrogens (tertiary/aromatic N) is 1. The van der Waals surface area contributed by atoms with E-state index >= 15 is 0 Å². The van der Waals surface area contributed by atoms with Crippen molar-refractivity contribution in [1.29, 1.82) is 5.26 Å². The van der Waals surface area contributed by atoms with Gasteiger partial charge in [-0.2, -0.15) is 5.26 Å². The minimum atomic E-state index is 0.512. The van der Waals surface area contributed by atoms with Crippen molar-refractivity contribution in [2.24, 2.45) is 0 Å². The number of hydrogen-bond acceptors (Lipinski definition) is 2. The Bertz CT molecular complexity index is 91.5. The molecule has 0 aromatic carbocycles. The fourth-order valence-corrected chi connectivity index (χ4v) is 0.124. The Kier molecular flexibility index (Phi) is 2.34. The van der Waals surface area contributed by atoms with Crippen LogP contribution in [-0.4, -0.2) is 4.99 Å². The molecule has 0 bridgehead atoms. The van der Waals surface area contributed by atoms with Gasteiger partial charge in [-0.1, -0.05) is 12.2 Å². The summed E-state index contributed by atoms with van der Waals surface area (Å²) in [5.41, 5.74) is 0. The Balaban J connectivity index is 3.13. The van der Waals surface area contributed by atoms with Crippen LogP contribution in [0.25, 0.3) is 0 Å². The smallest absolute Gasteiger partial charge is 0.181 e. The second kappa shape index (κ2) is 2.61. The highest BCUT2D eigenvalue weighted by molar-refractivity contribution is 7.80. The Morgan fingerprint density at radius 3 is 2.50 bits per heavy atom. The third-order valence-electron chi connectivity index (χ3n) is 0.232. The zero-order valence-corrected chi connectivity index (χ0v) is 4.17. The van der Waals surface area contributed by atoms with Crippen LogP contribution in [0.1, 0.15) is 6.92 Å². The van der Waals surface area contributed by atoms with E-state index in [4.69, 9.17) is 5.26 Å². The van der Waals surface area contributed by atoms with Crippen LogP contribution in [0.4, 0.5) is 0 Å². The minimum Gasteiger partial charge on any atom is -0.287 e. The van der Waals surface area contributed by atoms with Gasteiger partial charge in [-0.05, 0) is 6.92 Å². The van der Waals surface area contributed by atoms with E-state index in [1.165, 1.54) is 0 Å². The van der Waals surface area contributed by atoms with Gasteiger partial charge in [-0.15, -0.1) is 0 Å². The van der Waals surface area contributed by atoms with Gasteiger partial charge < -0.3 is 0 Å². The minimum absolute atomic E-state index is 0.512. The fourth-order valence-electron chi connectivity index (χ4n) is 0.0787. The van der Waals surface area contributed by atoms with Gasteiger partial charge in [0.1, 0.15) is 0 Å². The van der Waals surface area contributed by atoms with Gasteiger partial charge in [-0.25, -0.2) is 0 Å². The number of hydrogen-bond donors (Lipinski definition) is 1. The summed E-state index contributed by atoms with van der Waals surface area (Å²) in [6, 6.07) is 0. The van der Waals surface area contributed by atoms with Crippen LogP contribution < -0.4 is 5.32 Å². The SMILES string of the molecule is CC(=S)NC#N. The monoisotopic (exact) mass is 100 g/mol. The molecular weight excluding hydrogens is 96.1 g/mol. The van der Waals surface area contributed by atoms with E-state index in [0.717, 1.165) is 0 Å². The molecule has 0 radical (unpaired) electrons. The van der Waals surface area contributed by atoms with Crippen LogP contribution >= 0.6 is 12.2 Å². The first-order chi connectivity index (χ1) is 2.77. The molecule has 0 rings (SSSR count). The van der Waals surface area contributed by atoms with Crippen LogP contribution in [0.2, 0.25) is 0 Å². The highest BCUT2D eigenvalue weighted by atomic mass is 32.1. The van der Waals surface area contributed by atoms with Crippen molar-refractivity contribution in [3.05, 3.63) is 0 Å². The van der Waals surface area contributed by atoms with Crippen LogP contribution in [0, 0.1) is 11.5 Å². The first kappa shape index (κ1) is 5.38. The Labute approximate surface area is 41.8 Å². The first-order valence-electron chi connectivity index (χ1n) is 1.43. The lowest BCUT2D eigenvalue weighted by Crippen LogP contribution is -2.08. The van der Waals surface area contributed by atoms with E-state index in [1.807, 2.05) is 0 Å². The summed E-state index contributed by atoms with van der Waals surface area (Å²) in [4.78, 5) is 0.512. The predicted octanol–water partition coefficient (Wildman–Crippen LogP) is 0.404. The lowest BCUT2D eigenvalue weighted by Gasteiger charge is -1.80. The molecule has 0 aromatic rings. The standard InChI is InChI=1S/C3H4N2S/c1-3(6)5-2-4/h1H3,(H,5,6). The molecule has 3 heteroatoms. The molecule has 0 saturated heterocycles. The molecule has 32 valence electrons. The summed E-state index contributed by atoms with van der Waals surface area (Å²) in [5, 5.41) is 10.0. The van der Waals surface area contributed by atoms with Crippen LogP contribution in [0.15, 0.2) is 0 Å². The second-order valence-corrected chi connectivity index (χ2v) is 1.41. The lowest BCUT2D eigenvalue weighted by molar-refractivity contribution is 1.28. The summed E-state index contributed by atoms with van der Waals surface area (Å²) < 4.78 is 0. The quantitative estimate of drug-likeness (QED) is 0.272. The molecule has 0 unspecified atom stereocenters.